The van der Waals surface area contributed by atoms with Crippen molar-refractivity contribution in [2.45, 2.75) is 39.2 Å². The number of hydrogen-bond acceptors (Lipinski definition) is 4. The quantitative estimate of drug-likeness (QED) is 0.749. The molecule has 0 bridgehead atoms. The Kier molecular flexibility index (Phi) is 5.49. The molecule has 28 heavy (non-hydrogen) atoms. The van der Waals surface area contributed by atoms with E-state index in [1.165, 1.54) is 4.90 Å². The van der Waals surface area contributed by atoms with Crippen LogP contribution in [0.25, 0.3) is 11.1 Å². The van der Waals surface area contributed by atoms with Crippen molar-refractivity contribution in [3.63, 3.8) is 0 Å². The highest BCUT2D eigenvalue weighted by atomic mass is 16.5. The van der Waals surface area contributed by atoms with Crippen molar-refractivity contribution in [3.8, 4) is 22.6 Å². The number of methoxy groups -OCH3 is 1. The molecule has 3 rings (SSSR count). The van der Waals surface area contributed by atoms with Crippen molar-refractivity contribution in [2.75, 3.05) is 20.3 Å². The number of nitrogens with zero attached hydrogens (tertiary/aromatic N) is 2. The summed E-state index contributed by atoms with van der Waals surface area (Å²) in [6, 6.07) is 9.75. The van der Waals surface area contributed by atoms with Gasteiger partial charge in [-0.2, -0.15) is 0 Å². The molecule has 0 atom stereocenters. The van der Waals surface area contributed by atoms with Crippen LogP contribution in [-0.2, 0) is 0 Å². The Bertz CT molecular complexity index is 823. The van der Waals surface area contributed by atoms with E-state index >= 15 is 0 Å². The Morgan fingerprint density at radius 2 is 1.82 bits per heavy atom. The highest BCUT2D eigenvalue weighted by molar-refractivity contribution is 5.66. The van der Waals surface area contributed by atoms with E-state index in [4.69, 9.17) is 9.47 Å². The van der Waals surface area contributed by atoms with Gasteiger partial charge in [0.2, 0.25) is 0 Å². The standard InChI is InChI=1S/C22H28N2O4/c1-21(2,3)24(20(25)26)14-22(9-10-22)15-28-19-11-17(12-23-13-19)16-5-7-18(27-4)8-6-16/h5-8,11-13H,9-10,14-15H2,1-4H3,(H,25,26). The lowest BCUT2D eigenvalue weighted by molar-refractivity contribution is 0.0746. The van der Waals surface area contributed by atoms with Gasteiger partial charge in [0.25, 0.3) is 0 Å². The van der Waals surface area contributed by atoms with Crippen molar-refractivity contribution < 1.29 is 19.4 Å². The van der Waals surface area contributed by atoms with Gasteiger partial charge in [0.1, 0.15) is 11.5 Å². The Labute approximate surface area is 166 Å². The Morgan fingerprint density at radius 3 is 2.36 bits per heavy atom. The predicted octanol–water partition coefficient (Wildman–Crippen LogP) is 4.69. The molecule has 1 N–H and O–H groups in total. The first-order valence-corrected chi connectivity index (χ1v) is 9.45. The van der Waals surface area contributed by atoms with Crippen molar-refractivity contribution in [2.24, 2.45) is 5.41 Å². The molecule has 0 radical (unpaired) electrons. The summed E-state index contributed by atoms with van der Waals surface area (Å²) in [5.74, 6) is 1.50. The first kappa shape index (κ1) is 20.0. The van der Waals surface area contributed by atoms with Crippen LogP contribution in [0.4, 0.5) is 4.79 Å². The molecule has 1 aliphatic rings. The van der Waals surface area contributed by atoms with Gasteiger partial charge in [-0.1, -0.05) is 12.1 Å². The van der Waals surface area contributed by atoms with Crippen LogP contribution >= 0.6 is 0 Å². The summed E-state index contributed by atoms with van der Waals surface area (Å²) < 4.78 is 11.2. The van der Waals surface area contributed by atoms with Gasteiger partial charge in [-0.25, -0.2) is 4.79 Å². The number of aromatic nitrogens is 1. The molecule has 0 spiro atoms. The summed E-state index contributed by atoms with van der Waals surface area (Å²) in [6.07, 6.45) is 4.55. The van der Waals surface area contributed by atoms with Gasteiger partial charge in [-0.05, 0) is 57.4 Å². The molecular formula is C22H28N2O4. The first-order valence-electron chi connectivity index (χ1n) is 9.45. The van der Waals surface area contributed by atoms with Crippen LogP contribution in [0, 0.1) is 5.41 Å². The van der Waals surface area contributed by atoms with Crippen molar-refractivity contribution in [1.29, 1.82) is 0 Å². The molecule has 0 saturated heterocycles. The molecule has 0 aliphatic heterocycles. The summed E-state index contributed by atoms with van der Waals surface area (Å²) in [5.41, 5.74) is 1.45. The molecule has 1 heterocycles. The second-order valence-electron chi connectivity index (χ2n) is 8.47. The Morgan fingerprint density at radius 1 is 1.14 bits per heavy atom. The normalized spacial score (nSPS) is 15.0. The van der Waals surface area contributed by atoms with E-state index in [1.807, 2.05) is 51.1 Å². The van der Waals surface area contributed by atoms with E-state index in [2.05, 4.69) is 4.98 Å². The summed E-state index contributed by atoms with van der Waals surface area (Å²) in [4.78, 5) is 17.4. The lowest BCUT2D eigenvalue weighted by atomic mass is 10.0. The second kappa shape index (κ2) is 7.70. The number of carboxylic acid groups (broad SMARTS) is 1. The van der Waals surface area contributed by atoms with Crippen molar-refractivity contribution in [1.82, 2.24) is 9.88 Å². The smallest absolute Gasteiger partial charge is 0.407 e. The van der Waals surface area contributed by atoms with E-state index < -0.39 is 11.6 Å². The Hall–Kier alpha value is -2.76. The maximum absolute atomic E-state index is 11.6. The predicted molar refractivity (Wildman–Crippen MR) is 108 cm³/mol. The molecule has 1 aromatic heterocycles. The topological polar surface area (TPSA) is 71.9 Å². The van der Waals surface area contributed by atoms with Crippen LogP contribution in [0.3, 0.4) is 0 Å². The molecule has 6 nitrogen and oxygen atoms in total. The zero-order valence-electron chi connectivity index (χ0n) is 16.9. The zero-order valence-corrected chi connectivity index (χ0v) is 16.9. The van der Waals surface area contributed by atoms with Crippen LogP contribution in [-0.4, -0.2) is 46.9 Å². The average Bonchev–Trinajstić information content (AvgIpc) is 3.44. The molecule has 1 aliphatic carbocycles. The van der Waals surface area contributed by atoms with Gasteiger partial charge in [0.05, 0.1) is 19.9 Å². The molecule has 2 aromatic rings. The second-order valence-corrected chi connectivity index (χ2v) is 8.47. The number of amides is 1. The highest BCUT2D eigenvalue weighted by Crippen LogP contribution is 2.47. The van der Waals surface area contributed by atoms with Crippen LogP contribution in [0.5, 0.6) is 11.5 Å². The van der Waals surface area contributed by atoms with E-state index in [0.29, 0.717) is 18.9 Å². The van der Waals surface area contributed by atoms with Crippen LogP contribution < -0.4 is 9.47 Å². The fourth-order valence-corrected chi connectivity index (χ4v) is 3.13. The minimum Gasteiger partial charge on any atom is -0.497 e. The number of benzene rings is 1. The number of carbonyl (C=O) groups is 1. The monoisotopic (exact) mass is 384 g/mol. The number of rotatable bonds is 7. The Balaban J connectivity index is 1.67. The SMILES string of the molecule is COc1ccc(-c2cncc(OCC3(CN(C(=O)O)C(C)(C)C)CC3)c2)cc1. The largest absolute Gasteiger partial charge is 0.497 e. The lowest BCUT2D eigenvalue weighted by Crippen LogP contribution is -2.48. The van der Waals surface area contributed by atoms with Gasteiger partial charge in [-0.3, -0.25) is 4.98 Å². The summed E-state index contributed by atoms with van der Waals surface area (Å²) in [6.45, 7) is 6.72. The molecule has 150 valence electrons. The summed E-state index contributed by atoms with van der Waals surface area (Å²) in [5, 5.41) is 9.55. The number of hydrogen-bond donors (Lipinski definition) is 1. The zero-order chi connectivity index (χ0) is 20.4. The fraction of sp³-hybridized carbons (Fsp3) is 0.455. The third kappa shape index (κ3) is 4.74. The van der Waals surface area contributed by atoms with E-state index in [-0.39, 0.29) is 5.41 Å². The molecule has 1 saturated carbocycles. The average molecular weight is 384 g/mol. The van der Waals surface area contributed by atoms with E-state index in [9.17, 15) is 9.90 Å². The van der Waals surface area contributed by atoms with Gasteiger partial charge in [0, 0.05) is 29.3 Å². The number of ether oxygens (including phenoxy) is 2. The maximum Gasteiger partial charge on any atom is 0.407 e. The third-order valence-corrected chi connectivity index (χ3v) is 5.17. The molecule has 1 aromatic carbocycles. The minimum atomic E-state index is -0.887. The van der Waals surface area contributed by atoms with E-state index in [1.54, 1.807) is 19.5 Å². The van der Waals surface area contributed by atoms with Crippen LogP contribution in [0.15, 0.2) is 42.7 Å². The van der Waals surface area contributed by atoms with Gasteiger partial charge in [0.15, 0.2) is 0 Å². The summed E-state index contributed by atoms with van der Waals surface area (Å²) >= 11 is 0. The lowest BCUT2D eigenvalue weighted by Gasteiger charge is -2.36. The van der Waals surface area contributed by atoms with Crippen LogP contribution in [0.2, 0.25) is 0 Å². The highest BCUT2D eigenvalue weighted by Gasteiger charge is 2.47. The van der Waals surface area contributed by atoms with Crippen molar-refractivity contribution in [3.05, 3.63) is 42.7 Å². The fourth-order valence-electron chi connectivity index (χ4n) is 3.13. The minimum absolute atomic E-state index is 0.109. The van der Waals surface area contributed by atoms with Crippen LogP contribution in [0.1, 0.15) is 33.6 Å². The maximum atomic E-state index is 11.6. The molecule has 1 amide bonds. The molecule has 0 unspecified atom stereocenters. The molecule has 6 heteroatoms. The number of pyridine rings is 1. The molecule has 1 fully saturated rings. The first-order chi connectivity index (χ1) is 13.2. The summed E-state index contributed by atoms with van der Waals surface area (Å²) in [7, 11) is 1.64. The third-order valence-electron chi connectivity index (χ3n) is 5.17. The van der Waals surface area contributed by atoms with Crippen molar-refractivity contribution >= 4 is 6.09 Å². The molecular weight excluding hydrogens is 356 g/mol. The van der Waals surface area contributed by atoms with E-state index in [0.717, 1.165) is 29.7 Å². The van der Waals surface area contributed by atoms with Gasteiger partial charge >= 0.3 is 6.09 Å². The van der Waals surface area contributed by atoms with Gasteiger partial charge in [-0.15, -0.1) is 0 Å². The van der Waals surface area contributed by atoms with Gasteiger partial charge < -0.3 is 19.5 Å².